The van der Waals surface area contributed by atoms with Crippen molar-refractivity contribution in [3.8, 4) is 22.3 Å². The summed E-state index contributed by atoms with van der Waals surface area (Å²) in [6.07, 6.45) is 3.73. The van der Waals surface area contributed by atoms with Crippen molar-refractivity contribution in [3.63, 3.8) is 0 Å². The minimum atomic E-state index is 0.817. The van der Waals surface area contributed by atoms with Crippen LogP contribution in [0.25, 0.3) is 33.4 Å². The van der Waals surface area contributed by atoms with E-state index in [-0.39, 0.29) is 0 Å². The Morgan fingerprint density at radius 3 is 2.41 bits per heavy atom. The number of nitrogens with zero attached hydrogens (tertiary/aromatic N) is 2. The first-order valence-corrected chi connectivity index (χ1v) is 9.37. The summed E-state index contributed by atoms with van der Waals surface area (Å²) in [6, 6.07) is 21.0. The zero-order valence-corrected chi connectivity index (χ0v) is 15.1. The fraction of sp³-hybridized carbons (Fsp3) is 0.174. The van der Waals surface area contributed by atoms with E-state index < -0.39 is 0 Å². The van der Waals surface area contributed by atoms with Crippen LogP contribution in [0, 0.1) is 0 Å². The Morgan fingerprint density at radius 1 is 0.852 bits per heavy atom. The van der Waals surface area contributed by atoms with E-state index in [2.05, 4.69) is 52.7 Å². The topological polar surface area (TPSA) is 41.3 Å². The monoisotopic (exact) mass is 355 g/mol. The summed E-state index contributed by atoms with van der Waals surface area (Å²) in [5.41, 5.74) is 7.38. The number of fused-ring (bicyclic) bond motifs is 1. The summed E-state index contributed by atoms with van der Waals surface area (Å²) in [5.74, 6) is 0. The lowest BCUT2D eigenvalue weighted by molar-refractivity contribution is 0.589. The van der Waals surface area contributed by atoms with Gasteiger partial charge in [0.15, 0.2) is 5.58 Å². The Balaban J connectivity index is 1.45. The molecule has 0 unspecified atom stereocenters. The molecule has 134 valence electrons. The van der Waals surface area contributed by atoms with Gasteiger partial charge in [-0.1, -0.05) is 42.5 Å². The molecule has 1 fully saturated rings. The number of aromatic nitrogens is 1. The molecule has 0 spiro atoms. The minimum absolute atomic E-state index is 0.817. The molecule has 0 atom stereocenters. The van der Waals surface area contributed by atoms with Gasteiger partial charge in [-0.05, 0) is 29.3 Å². The number of hydrogen-bond acceptors (Lipinski definition) is 4. The number of pyridine rings is 1. The van der Waals surface area contributed by atoms with Gasteiger partial charge in [0, 0.05) is 49.2 Å². The lowest BCUT2D eigenvalue weighted by atomic mass is 10.0. The second-order valence-corrected chi connectivity index (χ2v) is 6.87. The largest absolute Gasteiger partial charge is 0.462 e. The Kier molecular flexibility index (Phi) is 4.11. The molecule has 1 N–H and O–H groups in total. The Bertz CT molecular complexity index is 1050. The predicted molar refractivity (Wildman–Crippen MR) is 110 cm³/mol. The lowest BCUT2D eigenvalue weighted by Crippen LogP contribution is -2.43. The molecule has 27 heavy (non-hydrogen) atoms. The van der Waals surface area contributed by atoms with Crippen molar-refractivity contribution in [3.05, 3.63) is 73.1 Å². The number of furan rings is 1. The van der Waals surface area contributed by atoms with E-state index in [1.54, 1.807) is 6.26 Å². The number of piperazine rings is 1. The van der Waals surface area contributed by atoms with Crippen molar-refractivity contribution in [2.45, 2.75) is 0 Å². The normalized spacial score (nSPS) is 14.6. The zero-order chi connectivity index (χ0) is 18.1. The number of nitrogens with one attached hydrogen (secondary N) is 1. The molecule has 1 saturated heterocycles. The third-order valence-electron chi connectivity index (χ3n) is 5.18. The Morgan fingerprint density at radius 2 is 1.63 bits per heavy atom. The van der Waals surface area contributed by atoms with Crippen molar-refractivity contribution in [1.82, 2.24) is 10.3 Å². The first-order valence-electron chi connectivity index (χ1n) is 9.37. The average Bonchev–Trinajstić information content (AvgIpc) is 3.18. The number of rotatable bonds is 3. The molecule has 4 nitrogen and oxygen atoms in total. The molecule has 4 heteroatoms. The molecule has 1 aliphatic heterocycles. The molecule has 3 heterocycles. The van der Waals surface area contributed by atoms with Gasteiger partial charge in [-0.25, -0.2) is 0 Å². The van der Waals surface area contributed by atoms with Crippen molar-refractivity contribution >= 4 is 16.8 Å². The highest BCUT2D eigenvalue weighted by Gasteiger charge is 2.12. The molecule has 5 rings (SSSR count). The quantitative estimate of drug-likeness (QED) is 0.584. The van der Waals surface area contributed by atoms with Crippen LogP contribution in [0.15, 0.2) is 77.5 Å². The van der Waals surface area contributed by atoms with E-state index in [4.69, 9.17) is 9.40 Å². The van der Waals surface area contributed by atoms with E-state index in [0.717, 1.165) is 59.5 Å². The zero-order valence-electron chi connectivity index (χ0n) is 15.1. The van der Waals surface area contributed by atoms with Gasteiger partial charge < -0.3 is 14.6 Å². The maximum Gasteiger partial charge on any atom is 0.153 e. The van der Waals surface area contributed by atoms with Gasteiger partial charge in [-0.3, -0.25) is 4.98 Å². The molecule has 1 aliphatic rings. The summed E-state index contributed by atoms with van der Waals surface area (Å²) in [6.45, 7) is 4.21. The fourth-order valence-electron chi connectivity index (χ4n) is 3.68. The molecule has 2 aromatic heterocycles. The molecule has 0 bridgehead atoms. The van der Waals surface area contributed by atoms with Crippen molar-refractivity contribution in [2.24, 2.45) is 0 Å². The highest BCUT2D eigenvalue weighted by Crippen LogP contribution is 2.32. The van der Waals surface area contributed by atoms with Crippen molar-refractivity contribution in [1.29, 1.82) is 0 Å². The van der Waals surface area contributed by atoms with Gasteiger partial charge >= 0.3 is 0 Å². The maximum absolute atomic E-state index is 5.81. The van der Waals surface area contributed by atoms with Crippen molar-refractivity contribution < 1.29 is 4.42 Å². The van der Waals surface area contributed by atoms with Crippen LogP contribution >= 0.6 is 0 Å². The summed E-state index contributed by atoms with van der Waals surface area (Å²) in [7, 11) is 0. The van der Waals surface area contributed by atoms with Gasteiger partial charge in [-0.15, -0.1) is 0 Å². The van der Waals surface area contributed by atoms with Gasteiger partial charge in [0.05, 0.1) is 0 Å². The predicted octanol–water partition coefficient (Wildman–Crippen LogP) is 4.57. The molecule has 4 aromatic rings. The number of benzene rings is 2. The van der Waals surface area contributed by atoms with E-state index in [0.29, 0.717) is 0 Å². The third kappa shape index (κ3) is 3.09. The van der Waals surface area contributed by atoms with Gasteiger partial charge in [0.2, 0.25) is 0 Å². The Labute approximate surface area is 158 Å². The average molecular weight is 355 g/mol. The van der Waals surface area contributed by atoms with Crippen LogP contribution in [0.3, 0.4) is 0 Å². The van der Waals surface area contributed by atoms with E-state index in [1.165, 1.54) is 5.69 Å². The van der Waals surface area contributed by atoms with Crippen LogP contribution < -0.4 is 10.2 Å². The van der Waals surface area contributed by atoms with Crippen LogP contribution in [0.5, 0.6) is 0 Å². The second-order valence-electron chi connectivity index (χ2n) is 6.87. The van der Waals surface area contributed by atoms with Crippen molar-refractivity contribution in [2.75, 3.05) is 31.1 Å². The maximum atomic E-state index is 5.81. The Hall–Kier alpha value is -3.11. The SMILES string of the molecule is c1ccc(-c2coc3cc(-c4ccc(N5CCNCC5)cc4)cnc23)cc1. The van der Waals surface area contributed by atoms with Crippen LogP contribution in [0.2, 0.25) is 0 Å². The molecule has 0 saturated carbocycles. The summed E-state index contributed by atoms with van der Waals surface area (Å²) >= 11 is 0. The number of anilines is 1. The summed E-state index contributed by atoms with van der Waals surface area (Å²) in [5, 5.41) is 3.39. The van der Waals surface area contributed by atoms with E-state index >= 15 is 0 Å². The lowest BCUT2D eigenvalue weighted by Gasteiger charge is -2.29. The fourth-order valence-corrected chi connectivity index (χ4v) is 3.68. The molecule has 0 amide bonds. The standard InChI is InChI=1S/C23H21N3O/c1-2-4-18(5-3-1)21-16-27-22-14-19(15-25-23(21)22)17-6-8-20(9-7-17)26-12-10-24-11-13-26/h1-9,14-16,24H,10-13H2. The van der Waals surface area contributed by atoms with Gasteiger partial charge in [-0.2, -0.15) is 0 Å². The first kappa shape index (κ1) is 16.1. The second kappa shape index (κ2) is 6.89. The first-order chi connectivity index (χ1) is 13.4. The molecule has 2 aromatic carbocycles. The van der Waals surface area contributed by atoms with Crippen LogP contribution in [-0.4, -0.2) is 31.2 Å². The van der Waals surface area contributed by atoms with Crippen LogP contribution in [0.4, 0.5) is 5.69 Å². The van der Waals surface area contributed by atoms with Gasteiger partial charge in [0.1, 0.15) is 11.8 Å². The summed E-state index contributed by atoms with van der Waals surface area (Å²) < 4.78 is 5.81. The smallest absolute Gasteiger partial charge is 0.153 e. The van der Waals surface area contributed by atoms with Gasteiger partial charge in [0.25, 0.3) is 0 Å². The highest BCUT2D eigenvalue weighted by molar-refractivity contribution is 5.92. The third-order valence-corrected chi connectivity index (χ3v) is 5.18. The minimum Gasteiger partial charge on any atom is -0.462 e. The summed E-state index contributed by atoms with van der Waals surface area (Å²) in [4.78, 5) is 7.11. The molecule has 0 aliphatic carbocycles. The van der Waals surface area contributed by atoms with Crippen LogP contribution in [-0.2, 0) is 0 Å². The molecular weight excluding hydrogens is 334 g/mol. The van der Waals surface area contributed by atoms with E-state index in [9.17, 15) is 0 Å². The molecular formula is C23H21N3O. The number of hydrogen-bond donors (Lipinski definition) is 1. The van der Waals surface area contributed by atoms with E-state index in [1.807, 2.05) is 24.4 Å². The highest BCUT2D eigenvalue weighted by atomic mass is 16.3. The van der Waals surface area contributed by atoms with Crippen LogP contribution in [0.1, 0.15) is 0 Å². The molecule has 0 radical (unpaired) electrons.